The lowest BCUT2D eigenvalue weighted by molar-refractivity contribution is -0.112. The molecular weight excluding hydrogens is 348 g/mol. The Balaban J connectivity index is 2.39. The maximum atomic E-state index is 12.5. The highest BCUT2D eigenvalue weighted by atomic mass is 16.5. The number of methoxy groups -OCH3 is 2. The van der Waals surface area contributed by atoms with E-state index in [1.165, 1.54) is 38.5 Å². The van der Waals surface area contributed by atoms with Crippen LogP contribution in [0.25, 0.3) is 6.08 Å². The molecule has 2 rings (SSSR count). The topological polar surface area (TPSA) is 105 Å². The molecule has 0 aliphatic carbocycles. The third kappa shape index (κ3) is 4.80. The van der Waals surface area contributed by atoms with Crippen molar-refractivity contribution in [3.8, 4) is 6.07 Å². The number of amides is 1. The van der Waals surface area contributed by atoms with E-state index in [0.29, 0.717) is 5.56 Å². The Morgan fingerprint density at radius 3 is 2.26 bits per heavy atom. The van der Waals surface area contributed by atoms with Crippen molar-refractivity contribution >= 4 is 29.6 Å². The molecule has 0 saturated carbocycles. The van der Waals surface area contributed by atoms with Gasteiger partial charge in [-0.05, 0) is 29.8 Å². The van der Waals surface area contributed by atoms with Crippen molar-refractivity contribution in [1.29, 1.82) is 5.26 Å². The van der Waals surface area contributed by atoms with E-state index in [1.807, 2.05) is 12.1 Å². The Morgan fingerprint density at radius 2 is 1.67 bits per heavy atom. The van der Waals surface area contributed by atoms with Gasteiger partial charge in [-0.25, -0.2) is 9.59 Å². The highest BCUT2D eigenvalue weighted by Crippen LogP contribution is 2.21. The van der Waals surface area contributed by atoms with E-state index in [1.54, 1.807) is 24.3 Å². The molecule has 0 unspecified atom stereocenters. The molecule has 0 atom stereocenters. The summed E-state index contributed by atoms with van der Waals surface area (Å²) >= 11 is 0. The van der Waals surface area contributed by atoms with Crippen molar-refractivity contribution in [2.24, 2.45) is 0 Å². The lowest BCUT2D eigenvalue weighted by Gasteiger charge is -2.11. The van der Waals surface area contributed by atoms with Crippen LogP contribution in [-0.4, -0.2) is 32.1 Å². The molecule has 136 valence electrons. The first-order valence-electron chi connectivity index (χ1n) is 7.79. The molecule has 7 nitrogen and oxygen atoms in total. The van der Waals surface area contributed by atoms with Crippen molar-refractivity contribution < 1.29 is 23.9 Å². The van der Waals surface area contributed by atoms with E-state index in [9.17, 15) is 19.6 Å². The van der Waals surface area contributed by atoms with Crippen LogP contribution in [0.3, 0.4) is 0 Å². The van der Waals surface area contributed by atoms with Crippen LogP contribution in [-0.2, 0) is 14.3 Å². The van der Waals surface area contributed by atoms with Gasteiger partial charge in [0.25, 0.3) is 5.91 Å². The number of rotatable bonds is 5. The number of nitrogens with one attached hydrogen (secondary N) is 1. The van der Waals surface area contributed by atoms with Gasteiger partial charge in [0.05, 0.1) is 31.0 Å². The van der Waals surface area contributed by atoms with E-state index in [2.05, 4.69) is 14.8 Å². The predicted octanol–water partition coefficient (Wildman–Crippen LogP) is 2.81. The fraction of sp³-hybridized carbons (Fsp3) is 0.100. The van der Waals surface area contributed by atoms with Gasteiger partial charge >= 0.3 is 11.9 Å². The summed E-state index contributed by atoms with van der Waals surface area (Å²) in [6.07, 6.45) is 1.41. The van der Waals surface area contributed by atoms with Gasteiger partial charge < -0.3 is 14.8 Å². The van der Waals surface area contributed by atoms with Gasteiger partial charge in [0.2, 0.25) is 0 Å². The first kappa shape index (κ1) is 19.4. The molecule has 2 aromatic rings. The smallest absolute Gasteiger partial charge is 0.339 e. The lowest BCUT2D eigenvalue weighted by atomic mass is 10.1. The molecule has 0 saturated heterocycles. The fourth-order valence-corrected chi connectivity index (χ4v) is 2.23. The van der Waals surface area contributed by atoms with Gasteiger partial charge in [0, 0.05) is 0 Å². The zero-order chi connectivity index (χ0) is 19.8. The maximum absolute atomic E-state index is 12.5. The average molecular weight is 364 g/mol. The molecule has 1 amide bonds. The third-order valence-electron chi connectivity index (χ3n) is 3.57. The molecule has 0 radical (unpaired) electrons. The summed E-state index contributed by atoms with van der Waals surface area (Å²) in [5, 5.41) is 11.8. The van der Waals surface area contributed by atoms with Crippen LogP contribution in [0.1, 0.15) is 26.3 Å². The second-order valence-corrected chi connectivity index (χ2v) is 5.28. The van der Waals surface area contributed by atoms with Gasteiger partial charge in [-0.3, -0.25) is 4.79 Å². The molecule has 0 aliphatic rings. The Labute approximate surface area is 155 Å². The summed E-state index contributed by atoms with van der Waals surface area (Å²) in [6.45, 7) is 0. The summed E-state index contributed by atoms with van der Waals surface area (Å²) in [5.41, 5.74) is 0.701. The molecule has 0 spiro atoms. The summed E-state index contributed by atoms with van der Waals surface area (Å²) in [6, 6.07) is 14.6. The average Bonchev–Trinajstić information content (AvgIpc) is 2.71. The van der Waals surface area contributed by atoms with Crippen molar-refractivity contribution in [3.05, 3.63) is 70.8 Å². The summed E-state index contributed by atoms with van der Waals surface area (Å²) in [4.78, 5) is 36.1. The van der Waals surface area contributed by atoms with Crippen LogP contribution in [0, 0.1) is 11.3 Å². The van der Waals surface area contributed by atoms with Crippen LogP contribution < -0.4 is 5.32 Å². The Bertz CT molecular complexity index is 943. The highest BCUT2D eigenvalue weighted by Gasteiger charge is 2.19. The molecule has 7 heteroatoms. The molecular formula is C20H16N2O5. The van der Waals surface area contributed by atoms with Gasteiger partial charge in [-0.15, -0.1) is 0 Å². The van der Waals surface area contributed by atoms with Gasteiger partial charge in [-0.1, -0.05) is 30.3 Å². The van der Waals surface area contributed by atoms with Crippen LogP contribution >= 0.6 is 0 Å². The fourth-order valence-electron chi connectivity index (χ4n) is 2.23. The second kappa shape index (κ2) is 8.97. The Kier molecular flexibility index (Phi) is 6.44. The first-order chi connectivity index (χ1) is 13.0. The number of anilines is 1. The summed E-state index contributed by atoms with van der Waals surface area (Å²) in [7, 11) is 2.41. The first-order valence-corrected chi connectivity index (χ1v) is 7.79. The van der Waals surface area contributed by atoms with Gasteiger partial charge in [0.1, 0.15) is 11.6 Å². The number of nitrogens with zero attached hydrogens (tertiary/aromatic N) is 1. The summed E-state index contributed by atoms with van der Waals surface area (Å²) in [5.74, 6) is -2.07. The molecule has 0 fully saturated rings. The van der Waals surface area contributed by atoms with E-state index in [-0.39, 0.29) is 22.4 Å². The Hall–Kier alpha value is -3.92. The minimum absolute atomic E-state index is 0.0314. The number of ether oxygens (including phenoxy) is 2. The molecule has 0 aliphatic heterocycles. The van der Waals surface area contributed by atoms with E-state index >= 15 is 0 Å². The number of carbonyl (C=O) groups is 3. The van der Waals surface area contributed by atoms with Crippen molar-refractivity contribution in [2.75, 3.05) is 19.5 Å². The van der Waals surface area contributed by atoms with E-state index in [4.69, 9.17) is 0 Å². The largest absolute Gasteiger partial charge is 0.465 e. The minimum atomic E-state index is -0.728. The molecule has 0 heterocycles. The number of esters is 2. The second-order valence-electron chi connectivity index (χ2n) is 5.28. The number of carbonyl (C=O) groups excluding carboxylic acids is 3. The SMILES string of the molecule is COC(=O)c1ccc(C(=O)OC)c(NC(=O)C(C#N)=Cc2ccccc2)c1. The van der Waals surface area contributed by atoms with Crippen molar-refractivity contribution in [1.82, 2.24) is 0 Å². The number of hydrogen-bond donors (Lipinski definition) is 1. The van der Waals surface area contributed by atoms with Gasteiger partial charge in [0.15, 0.2) is 0 Å². The normalized spacial score (nSPS) is 10.5. The quantitative estimate of drug-likeness (QED) is 0.497. The molecule has 27 heavy (non-hydrogen) atoms. The monoisotopic (exact) mass is 364 g/mol. The van der Waals surface area contributed by atoms with Crippen molar-refractivity contribution in [3.63, 3.8) is 0 Å². The third-order valence-corrected chi connectivity index (χ3v) is 3.57. The summed E-state index contributed by atoms with van der Waals surface area (Å²) < 4.78 is 9.32. The van der Waals surface area contributed by atoms with Crippen LogP contribution in [0.5, 0.6) is 0 Å². The molecule has 0 aromatic heterocycles. The standard InChI is InChI=1S/C20H16N2O5/c1-26-19(24)14-8-9-16(20(25)27-2)17(11-14)22-18(23)15(12-21)10-13-6-4-3-5-7-13/h3-11H,1-2H3,(H,22,23). The molecule has 2 aromatic carbocycles. The van der Waals surface area contributed by atoms with Crippen molar-refractivity contribution in [2.45, 2.75) is 0 Å². The zero-order valence-electron chi connectivity index (χ0n) is 14.7. The minimum Gasteiger partial charge on any atom is -0.465 e. The van der Waals surface area contributed by atoms with Crippen LogP contribution in [0.4, 0.5) is 5.69 Å². The molecule has 1 N–H and O–H groups in total. The van der Waals surface area contributed by atoms with E-state index in [0.717, 1.165) is 0 Å². The lowest BCUT2D eigenvalue weighted by Crippen LogP contribution is -2.17. The number of nitriles is 1. The Morgan fingerprint density at radius 1 is 1.00 bits per heavy atom. The maximum Gasteiger partial charge on any atom is 0.339 e. The predicted molar refractivity (Wildman–Crippen MR) is 97.8 cm³/mol. The molecule has 0 bridgehead atoms. The van der Waals surface area contributed by atoms with Crippen LogP contribution in [0.15, 0.2) is 54.1 Å². The zero-order valence-corrected chi connectivity index (χ0v) is 14.7. The number of hydrogen-bond acceptors (Lipinski definition) is 6. The van der Waals surface area contributed by atoms with Crippen LogP contribution in [0.2, 0.25) is 0 Å². The van der Waals surface area contributed by atoms with E-state index < -0.39 is 17.8 Å². The number of benzene rings is 2. The van der Waals surface area contributed by atoms with Gasteiger partial charge in [-0.2, -0.15) is 5.26 Å². The highest BCUT2D eigenvalue weighted by molar-refractivity contribution is 6.12.